The van der Waals surface area contributed by atoms with Crippen LogP contribution in [0.15, 0.2) is 72.1 Å². The summed E-state index contributed by atoms with van der Waals surface area (Å²) in [6.07, 6.45) is -0.0478. The molecule has 4 rings (SSSR count). The Hall–Kier alpha value is -2.77. The van der Waals surface area contributed by atoms with Crippen molar-refractivity contribution in [2.24, 2.45) is 5.73 Å². The Morgan fingerprint density at radius 3 is 2.31 bits per heavy atom. The summed E-state index contributed by atoms with van der Waals surface area (Å²) in [6, 6.07) is 21.7. The number of hydrogen-bond donors (Lipinski definition) is 1. The SMILES string of the molecule is CCOC(OCC)[C@H](C)N(Cc1cccc2ccccc12)C(=O)[C@@H](N)Cc1csc2ccccc12. The number of rotatable bonds is 11. The number of carbonyl (C=O) groups is 1. The van der Waals surface area contributed by atoms with E-state index in [0.29, 0.717) is 26.2 Å². The van der Waals surface area contributed by atoms with Gasteiger partial charge >= 0.3 is 0 Å². The average Bonchev–Trinajstić information content (AvgIpc) is 3.29. The highest BCUT2D eigenvalue weighted by molar-refractivity contribution is 7.17. The van der Waals surface area contributed by atoms with Crippen LogP contribution in [0.2, 0.25) is 0 Å². The first-order valence-electron chi connectivity index (χ1n) is 12.2. The lowest BCUT2D eigenvalue weighted by Crippen LogP contribution is -2.52. The highest BCUT2D eigenvalue weighted by atomic mass is 32.1. The smallest absolute Gasteiger partial charge is 0.240 e. The number of nitrogens with zero attached hydrogens (tertiary/aromatic N) is 1. The lowest BCUT2D eigenvalue weighted by atomic mass is 10.0. The van der Waals surface area contributed by atoms with E-state index in [0.717, 1.165) is 27.3 Å². The zero-order valence-corrected chi connectivity index (χ0v) is 21.5. The molecule has 0 bridgehead atoms. The van der Waals surface area contributed by atoms with E-state index in [4.69, 9.17) is 15.2 Å². The predicted molar refractivity (Wildman–Crippen MR) is 145 cm³/mol. The molecule has 0 radical (unpaired) electrons. The van der Waals surface area contributed by atoms with Crippen molar-refractivity contribution in [2.45, 2.75) is 52.1 Å². The third-order valence-corrected chi connectivity index (χ3v) is 7.38. The van der Waals surface area contributed by atoms with Crippen molar-refractivity contribution >= 4 is 38.1 Å². The molecule has 0 aliphatic rings. The van der Waals surface area contributed by atoms with Crippen LogP contribution in [0, 0.1) is 0 Å². The fraction of sp³-hybridized carbons (Fsp3) is 0.345. The first-order valence-corrected chi connectivity index (χ1v) is 13.1. The Kier molecular flexibility index (Phi) is 8.52. The molecule has 0 aliphatic heterocycles. The molecule has 5 nitrogen and oxygen atoms in total. The summed E-state index contributed by atoms with van der Waals surface area (Å²) in [6.45, 7) is 7.27. The number of fused-ring (bicyclic) bond motifs is 2. The molecule has 4 aromatic rings. The van der Waals surface area contributed by atoms with Crippen molar-refractivity contribution < 1.29 is 14.3 Å². The standard InChI is InChI=1S/C29H34N2O3S/c1-4-33-29(34-5-2)20(3)31(18-22-13-10-12-21-11-6-7-14-24(21)22)28(32)26(30)17-23-19-35-27-16-9-8-15-25(23)27/h6-16,19-20,26,29H,4-5,17-18,30H2,1-3H3/t20-,26-/m0/s1. The maximum atomic E-state index is 13.9. The number of ether oxygens (including phenoxy) is 2. The Morgan fingerprint density at radius 1 is 0.914 bits per heavy atom. The van der Waals surface area contributed by atoms with Crippen molar-refractivity contribution in [2.75, 3.05) is 13.2 Å². The molecule has 0 saturated heterocycles. The first-order chi connectivity index (χ1) is 17.0. The van der Waals surface area contributed by atoms with Gasteiger partial charge in [0.2, 0.25) is 5.91 Å². The summed E-state index contributed by atoms with van der Waals surface area (Å²) >= 11 is 1.68. The van der Waals surface area contributed by atoms with Crippen LogP contribution < -0.4 is 5.73 Å². The molecule has 0 spiro atoms. The van der Waals surface area contributed by atoms with E-state index in [1.807, 2.05) is 56.0 Å². The average molecular weight is 491 g/mol. The second-order valence-corrected chi connectivity index (χ2v) is 9.60. The van der Waals surface area contributed by atoms with E-state index >= 15 is 0 Å². The second-order valence-electron chi connectivity index (χ2n) is 8.69. The van der Waals surface area contributed by atoms with Gasteiger partial charge in [0, 0.05) is 24.5 Å². The van der Waals surface area contributed by atoms with Gasteiger partial charge in [-0.3, -0.25) is 4.79 Å². The largest absolute Gasteiger partial charge is 0.351 e. The first kappa shape index (κ1) is 25.3. The second kappa shape index (κ2) is 11.8. The summed E-state index contributed by atoms with van der Waals surface area (Å²) in [4.78, 5) is 15.7. The van der Waals surface area contributed by atoms with E-state index in [9.17, 15) is 4.79 Å². The van der Waals surface area contributed by atoms with Crippen LogP contribution in [0.4, 0.5) is 0 Å². The highest BCUT2D eigenvalue weighted by Crippen LogP contribution is 2.27. The van der Waals surface area contributed by atoms with Crippen molar-refractivity contribution in [1.29, 1.82) is 0 Å². The number of carbonyl (C=O) groups excluding carboxylic acids is 1. The van der Waals surface area contributed by atoms with Gasteiger partial charge in [0.15, 0.2) is 6.29 Å². The third kappa shape index (κ3) is 5.73. The quantitative estimate of drug-likeness (QED) is 0.272. The normalized spacial score (nSPS) is 13.4. The van der Waals surface area contributed by atoms with Gasteiger partial charge in [-0.25, -0.2) is 0 Å². The Morgan fingerprint density at radius 2 is 1.57 bits per heavy atom. The molecule has 1 aromatic heterocycles. The van der Waals surface area contributed by atoms with Gasteiger partial charge in [-0.2, -0.15) is 0 Å². The highest BCUT2D eigenvalue weighted by Gasteiger charge is 2.32. The number of thiophene rings is 1. The van der Waals surface area contributed by atoms with E-state index in [-0.39, 0.29) is 11.9 Å². The molecule has 2 N–H and O–H groups in total. The minimum atomic E-state index is -0.672. The maximum absolute atomic E-state index is 13.9. The zero-order chi connectivity index (χ0) is 24.8. The van der Waals surface area contributed by atoms with Crippen LogP contribution in [-0.4, -0.2) is 42.4 Å². The monoisotopic (exact) mass is 490 g/mol. The lowest BCUT2D eigenvalue weighted by molar-refractivity contribution is -0.179. The topological polar surface area (TPSA) is 64.8 Å². The molecule has 35 heavy (non-hydrogen) atoms. The molecule has 0 unspecified atom stereocenters. The maximum Gasteiger partial charge on any atom is 0.240 e. The summed E-state index contributed by atoms with van der Waals surface area (Å²) in [7, 11) is 0. The molecular formula is C29H34N2O3S. The molecule has 184 valence electrons. The van der Waals surface area contributed by atoms with Gasteiger partial charge in [0.05, 0.1) is 12.1 Å². The third-order valence-electron chi connectivity index (χ3n) is 6.37. The van der Waals surface area contributed by atoms with Gasteiger partial charge in [-0.1, -0.05) is 60.7 Å². The fourth-order valence-corrected chi connectivity index (χ4v) is 5.54. The van der Waals surface area contributed by atoms with Crippen molar-refractivity contribution in [1.82, 2.24) is 4.90 Å². The number of hydrogen-bond acceptors (Lipinski definition) is 5. The lowest BCUT2D eigenvalue weighted by Gasteiger charge is -2.36. The van der Waals surface area contributed by atoms with Crippen LogP contribution in [0.5, 0.6) is 0 Å². The summed E-state index contributed by atoms with van der Waals surface area (Å²) in [5.74, 6) is -0.106. The molecule has 1 heterocycles. The number of benzene rings is 3. The molecule has 0 fully saturated rings. The van der Waals surface area contributed by atoms with Crippen LogP contribution in [-0.2, 0) is 27.2 Å². The minimum Gasteiger partial charge on any atom is -0.351 e. The summed E-state index contributed by atoms with van der Waals surface area (Å²) < 4.78 is 13.0. The minimum absolute atomic E-state index is 0.106. The molecule has 3 aromatic carbocycles. The van der Waals surface area contributed by atoms with Gasteiger partial charge in [0.25, 0.3) is 0 Å². The molecular weight excluding hydrogens is 456 g/mol. The van der Waals surface area contributed by atoms with Crippen molar-refractivity contribution in [3.05, 3.63) is 83.2 Å². The Bertz CT molecular complexity index is 1260. The van der Waals surface area contributed by atoms with E-state index < -0.39 is 12.3 Å². The molecule has 1 amide bonds. The van der Waals surface area contributed by atoms with Crippen molar-refractivity contribution in [3.63, 3.8) is 0 Å². The van der Waals surface area contributed by atoms with Crippen molar-refractivity contribution in [3.8, 4) is 0 Å². The van der Waals surface area contributed by atoms with Crippen LogP contribution in [0.1, 0.15) is 31.9 Å². The number of nitrogens with two attached hydrogens (primary N) is 1. The summed E-state index contributed by atoms with van der Waals surface area (Å²) in [5.41, 5.74) is 8.76. The van der Waals surface area contributed by atoms with Crippen LogP contribution in [0.25, 0.3) is 20.9 Å². The zero-order valence-electron chi connectivity index (χ0n) is 20.6. The van der Waals surface area contributed by atoms with Gasteiger partial charge in [-0.15, -0.1) is 11.3 Å². The fourth-order valence-electron chi connectivity index (χ4n) is 4.57. The van der Waals surface area contributed by atoms with Gasteiger partial charge in [-0.05, 0) is 65.9 Å². The van der Waals surface area contributed by atoms with Gasteiger partial charge in [0.1, 0.15) is 0 Å². The van der Waals surface area contributed by atoms with E-state index in [1.54, 1.807) is 11.3 Å². The molecule has 2 atom stereocenters. The van der Waals surface area contributed by atoms with E-state index in [1.165, 1.54) is 4.70 Å². The number of amides is 1. The molecule has 0 saturated carbocycles. The molecule has 0 aliphatic carbocycles. The van der Waals surface area contributed by atoms with Gasteiger partial charge < -0.3 is 20.1 Å². The predicted octanol–water partition coefficient (Wildman–Crippen LogP) is 5.74. The Labute approximate surface area is 211 Å². The Balaban J connectivity index is 1.64. The van der Waals surface area contributed by atoms with Crippen LogP contribution in [0.3, 0.4) is 0 Å². The summed E-state index contributed by atoms with van der Waals surface area (Å²) in [5, 5.41) is 5.54. The molecule has 6 heteroatoms. The van der Waals surface area contributed by atoms with Crippen LogP contribution >= 0.6 is 11.3 Å². The van der Waals surface area contributed by atoms with E-state index in [2.05, 4.69) is 41.8 Å².